The van der Waals surface area contributed by atoms with E-state index < -0.39 is 34.2 Å². The van der Waals surface area contributed by atoms with E-state index in [4.69, 9.17) is 33.7 Å². The number of hydrogen-bond acceptors (Lipinski definition) is 11. The smallest absolute Gasteiger partial charge is 0.407 e. The maximum absolute atomic E-state index is 13.4. The van der Waals surface area contributed by atoms with Gasteiger partial charge in [0.1, 0.15) is 51.5 Å². The fourth-order valence-corrected chi connectivity index (χ4v) is 9.53. The largest absolute Gasteiger partial charge is 0.444 e. The number of carbonyl (C=O) groups excluding carboxylic acids is 1. The highest BCUT2D eigenvalue weighted by atomic mass is 35.5. The van der Waals surface area contributed by atoms with E-state index in [1.165, 1.54) is 23.2 Å². The van der Waals surface area contributed by atoms with Crippen LogP contribution in [0.2, 0.25) is 10.0 Å². The molecule has 3 N–H and O–H groups in total. The predicted molar refractivity (Wildman–Crippen MR) is 267 cm³/mol. The second-order valence-corrected chi connectivity index (χ2v) is 18.9. The second kappa shape index (κ2) is 20.4. The fourth-order valence-electron chi connectivity index (χ4n) is 9.13. The number of halogens is 3. The van der Waals surface area contributed by atoms with Gasteiger partial charge in [0.15, 0.2) is 0 Å². The van der Waals surface area contributed by atoms with Gasteiger partial charge in [-0.1, -0.05) is 59.6 Å². The van der Waals surface area contributed by atoms with Gasteiger partial charge in [-0.2, -0.15) is 10.5 Å². The van der Waals surface area contributed by atoms with Gasteiger partial charge in [-0.05, 0) is 69.7 Å². The first-order chi connectivity index (χ1) is 31.8. The van der Waals surface area contributed by atoms with Crippen molar-refractivity contribution in [2.24, 2.45) is 33.9 Å². The Labute approximate surface area is 408 Å². The number of aryl methyl sites for hydroxylation is 2. The number of amides is 1. The van der Waals surface area contributed by atoms with E-state index in [0.29, 0.717) is 64.5 Å². The third-order valence-electron chi connectivity index (χ3n) is 12.2. The predicted octanol–water partition coefficient (Wildman–Crippen LogP) is 5.07. The molecule has 8 rings (SSSR count). The normalized spacial score (nSPS) is 16.1. The van der Waals surface area contributed by atoms with Crippen LogP contribution in [0, 0.1) is 22.7 Å². The van der Waals surface area contributed by atoms with E-state index in [0.717, 1.165) is 52.5 Å². The number of anilines is 2. The first kappa shape index (κ1) is 51.0. The summed E-state index contributed by atoms with van der Waals surface area (Å²) in [6, 6.07) is 18.9. The number of piperidine rings is 2. The molecule has 360 valence electrons. The standard InChI is InChI=1S/C26H31ClN6O4.C21H23ClN6O2.ClH/c1-26(2,3)37-24(35)29-17-10-8-12-32(15-17)22-18(13-28)20-21(23(34)31(5)25(36)30(20)4)33(22)14-16-9-6-7-11-19(16)27;1-25-17-15(10-23)19(27-9-5-7-14(24)12-27)28(11-13-6-3-4-8-16(13)22)18(17)20(29)26(2)21(25)30;/h6-7,9,11,17H,8,10,12,14-15H2,1-5H3,(H,29,35);3-4,6,8,14H,5,7,9,11-12,24H2,1-2H3;1H/t17-;14-;/m11./s1. The zero-order valence-electron chi connectivity index (χ0n) is 39.0. The summed E-state index contributed by atoms with van der Waals surface area (Å²) in [6.07, 6.45) is 2.77. The molecule has 2 aliphatic rings. The molecule has 1 amide bonds. The molecule has 2 saturated heterocycles. The zero-order valence-corrected chi connectivity index (χ0v) is 41.3. The summed E-state index contributed by atoms with van der Waals surface area (Å²) in [5.74, 6) is 1.13. The minimum atomic E-state index is -0.626. The van der Waals surface area contributed by atoms with Crippen molar-refractivity contribution in [1.82, 2.24) is 32.7 Å². The van der Waals surface area contributed by atoms with Crippen LogP contribution < -0.4 is 43.3 Å². The Bertz CT molecular complexity index is 3250. The lowest BCUT2D eigenvalue weighted by atomic mass is 10.1. The van der Waals surface area contributed by atoms with Gasteiger partial charge in [-0.25, -0.2) is 14.4 Å². The minimum absolute atomic E-state index is 0. The summed E-state index contributed by atoms with van der Waals surface area (Å²) in [5.41, 5.74) is 6.96. The summed E-state index contributed by atoms with van der Waals surface area (Å²) in [5, 5.41) is 24.3. The van der Waals surface area contributed by atoms with Gasteiger partial charge in [0.2, 0.25) is 0 Å². The number of rotatable bonds is 7. The number of hydrogen-bond donors (Lipinski definition) is 2. The van der Waals surface area contributed by atoms with Gasteiger partial charge >= 0.3 is 17.5 Å². The van der Waals surface area contributed by atoms with Crippen LogP contribution in [0.4, 0.5) is 16.4 Å². The first-order valence-corrected chi connectivity index (χ1v) is 22.7. The molecular formula is C47H55Cl3N12O6. The van der Waals surface area contributed by atoms with Crippen LogP contribution >= 0.6 is 35.6 Å². The number of nitrogens with two attached hydrogens (primary N) is 1. The average molecular weight is 990 g/mol. The molecule has 0 unspecified atom stereocenters. The molecule has 6 aromatic rings. The SMILES string of the molecule is Cl.Cn1c(=O)c2c(c(C#N)c(N3CCC[C@@H](N)C3)n2Cc2ccccc2Cl)n(C)c1=O.Cn1c(=O)c2c(c(C#N)c(N3CCC[C@@H](NC(=O)OC(C)(C)C)C3)n2Cc2ccccc2Cl)n(C)c1=O. The highest BCUT2D eigenvalue weighted by Crippen LogP contribution is 2.35. The number of ether oxygens (including phenoxy) is 1. The molecule has 0 radical (unpaired) electrons. The third kappa shape index (κ3) is 9.77. The molecule has 0 spiro atoms. The highest BCUT2D eigenvalue weighted by Gasteiger charge is 2.33. The number of aromatic nitrogens is 6. The van der Waals surface area contributed by atoms with Crippen molar-refractivity contribution < 1.29 is 9.53 Å². The summed E-state index contributed by atoms with van der Waals surface area (Å²) < 4.78 is 13.8. The minimum Gasteiger partial charge on any atom is -0.444 e. The van der Waals surface area contributed by atoms with Gasteiger partial charge in [0, 0.05) is 76.5 Å². The first-order valence-electron chi connectivity index (χ1n) is 21.9. The second-order valence-electron chi connectivity index (χ2n) is 18.1. The van der Waals surface area contributed by atoms with Gasteiger partial charge in [-0.15, -0.1) is 12.4 Å². The average Bonchev–Trinajstić information content (AvgIpc) is 3.80. The Morgan fingerprint density at radius 2 is 1.13 bits per heavy atom. The van der Waals surface area contributed by atoms with E-state index in [9.17, 15) is 34.5 Å². The molecule has 2 aromatic carbocycles. The Kier molecular flexibility index (Phi) is 15.3. The van der Waals surface area contributed by atoms with E-state index in [-0.39, 0.29) is 47.6 Å². The Balaban J connectivity index is 0.000000225. The van der Waals surface area contributed by atoms with Crippen LogP contribution in [0.15, 0.2) is 67.7 Å². The molecule has 2 atom stereocenters. The lowest BCUT2D eigenvalue weighted by Crippen LogP contribution is -2.49. The van der Waals surface area contributed by atoms with Crippen LogP contribution in [0.1, 0.15) is 68.7 Å². The van der Waals surface area contributed by atoms with Crippen LogP contribution in [0.3, 0.4) is 0 Å². The highest BCUT2D eigenvalue weighted by molar-refractivity contribution is 6.31. The number of benzene rings is 2. The molecule has 68 heavy (non-hydrogen) atoms. The monoisotopic (exact) mass is 988 g/mol. The zero-order chi connectivity index (χ0) is 48.6. The maximum atomic E-state index is 13.4. The van der Waals surface area contributed by atoms with E-state index in [1.54, 1.807) is 51.6 Å². The Morgan fingerprint density at radius 3 is 1.54 bits per heavy atom. The lowest BCUT2D eigenvalue weighted by molar-refractivity contribution is 0.0500. The molecule has 0 saturated carbocycles. The van der Waals surface area contributed by atoms with Gasteiger partial charge in [0.25, 0.3) is 11.1 Å². The third-order valence-corrected chi connectivity index (χ3v) is 13.0. The molecule has 0 aliphatic carbocycles. The van der Waals surface area contributed by atoms with Crippen molar-refractivity contribution in [3.63, 3.8) is 0 Å². The number of nitriles is 2. The van der Waals surface area contributed by atoms with Gasteiger partial charge in [0.05, 0.1) is 24.1 Å². The lowest BCUT2D eigenvalue weighted by Gasteiger charge is -2.35. The summed E-state index contributed by atoms with van der Waals surface area (Å²) in [4.78, 5) is 68.4. The molecule has 21 heteroatoms. The number of carbonyl (C=O) groups is 1. The Morgan fingerprint density at radius 1 is 0.706 bits per heavy atom. The quantitative estimate of drug-likeness (QED) is 0.215. The van der Waals surface area contributed by atoms with Crippen LogP contribution in [0.25, 0.3) is 22.1 Å². The molecule has 0 bridgehead atoms. The molecule has 2 aliphatic heterocycles. The summed E-state index contributed by atoms with van der Waals surface area (Å²) in [7, 11) is 6.00. The molecule has 4 aromatic heterocycles. The van der Waals surface area contributed by atoms with Crippen LogP contribution in [0.5, 0.6) is 0 Å². The van der Waals surface area contributed by atoms with Gasteiger partial charge in [-0.3, -0.25) is 27.9 Å². The maximum Gasteiger partial charge on any atom is 0.407 e. The number of alkyl carbamates (subject to hydrolysis) is 1. The molecule has 2 fully saturated rings. The van der Waals surface area contributed by atoms with E-state index >= 15 is 0 Å². The van der Waals surface area contributed by atoms with Crippen molar-refractivity contribution in [2.75, 3.05) is 36.0 Å². The van der Waals surface area contributed by atoms with Crippen molar-refractivity contribution >= 4 is 75.4 Å². The topological polar surface area (TPSA) is 216 Å². The molecule has 18 nitrogen and oxygen atoms in total. The van der Waals surface area contributed by atoms with Crippen molar-refractivity contribution in [2.45, 2.75) is 77.2 Å². The number of nitrogens with zero attached hydrogens (tertiary/aromatic N) is 10. The fraction of sp³-hybridized carbons (Fsp3) is 0.426. The van der Waals surface area contributed by atoms with Crippen LogP contribution in [-0.4, -0.2) is 77.4 Å². The van der Waals surface area contributed by atoms with Crippen molar-refractivity contribution in [3.8, 4) is 12.1 Å². The van der Waals surface area contributed by atoms with Crippen LogP contribution in [-0.2, 0) is 46.0 Å². The van der Waals surface area contributed by atoms with Gasteiger partial charge < -0.3 is 34.7 Å². The summed E-state index contributed by atoms with van der Waals surface area (Å²) in [6.45, 7) is 8.23. The Hall–Kier alpha value is -6.44. The molecular weight excluding hydrogens is 935 g/mol. The van der Waals surface area contributed by atoms with Crippen molar-refractivity contribution in [1.29, 1.82) is 10.5 Å². The summed E-state index contributed by atoms with van der Waals surface area (Å²) >= 11 is 12.9. The van der Waals surface area contributed by atoms with E-state index in [1.807, 2.05) is 50.8 Å². The molecule has 6 heterocycles. The number of fused-ring (bicyclic) bond motifs is 2. The van der Waals surface area contributed by atoms with Crippen molar-refractivity contribution in [3.05, 3.63) is 123 Å². The van der Waals surface area contributed by atoms with E-state index in [2.05, 4.69) is 17.5 Å². The number of nitrogens with one attached hydrogen (secondary N) is 1.